The quantitative estimate of drug-likeness (QED) is 0.612. The molecular weight excluding hydrogens is 354 g/mol. The van der Waals surface area contributed by atoms with Crippen LogP contribution in [0.4, 0.5) is 5.88 Å². The third kappa shape index (κ3) is 4.29. The van der Waals surface area contributed by atoms with Crippen molar-refractivity contribution in [2.24, 2.45) is 5.92 Å². The van der Waals surface area contributed by atoms with E-state index in [1.165, 1.54) is 5.56 Å². The number of nitriles is 1. The molecule has 4 nitrogen and oxygen atoms in total. The molecule has 3 heterocycles. The third-order valence-electron chi connectivity index (χ3n) is 4.93. The lowest BCUT2D eigenvalue weighted by atomic mass is 9.90. The van der Waals surface area contributed by atoms with Gasteiger partial charge in [-0.15, -0.1) is 11.3 Å². The average molecular weight is 375 g/mol. The second-order valence-electron chi connectivity index (χ2n) is 6.79. The van der Waals surface area contributed by atoms with Crippen molar-refractivity contribution in [1.29, 1.82) is 5.26 Å². The Kier molecular flexibility index (Phi) is 5.36. The van der Waals surface area contributed by atoms with Gasteiger partial charge in [0.2, 0.25) is 17.5 Å². The molecule has 1 aliphatic heterocycles. The van der Waals surface area contributed by atoms with Crippen LogP contribution >= 0.6 is 11.3 Å². The monoisotopic (exact) mass is 375 g/mol. The van der Waals surface area contributed by atoms with E-state index in [1.54, 1.807) is 11.3 Å². The molecule has 3 aromatic rings. The van der Waals surface area contributed by atoms with Gasteiger partial charge in [0.15, 0.2) is 0 Å². The summed E-state index contributed by atoms with van der Waals surface area (Å²) >= 11 is 1.66. The first-order valence-corrected chi connectivity index (χ1v) is 10.1. The molecule has 1 saturated heterocycles. The first kappa shape index (κ1) is 17.6. The van der Waals surface area contributed by atoms with Gasteiger partial charge in [-0.3, -0.25) is 0 Å². The summed E-state index contributed by atoms with van der Waals surface area (Å²) in [7, 11) is 0. The molecule has 1 aromatic carbocycles. The van der Waals surface area contributed by atoms with Crippen molar-refractivity contribution in [3.8, 4) is 6.07 Å². The highest BCUT2D eigenvalue weighted by Crippen LogP contribution is 2.29. The van der Waals surface area contributed by atoms with Crippen LogP contribution in [0.25, 0.3) is 12.2 Å². The molecular formula is C22H21N3OS. The number of nitrogens with zero attached hydrogens (tertiary/aromatic N) is 3. The van der Waals surface area contributed by atoms with Gasteiger partial charge in [-0.05, 0) is 48.3 Å². The first-order chi connectivity index (χ1) is 13.3. The summed E-state index contributed by atoms with van der Waals surface area (Å²) in [5, 5.41) is 11.5. The molecule has 5 heteroatoms. The van der Waals surface area contributed by atoms with Crippen molar-refractivity contribution in [1.82, 2.24) is 4.98 Å². The van der Waals surface area contributed by atoms with Crippen LogP contribution < -0.4 is 4.90 Å². The summed E-state index contributed by atoms with van der Waals surface area (Å²) in [6.07, 6.45) is 7.11. The molecule has 0 aliphatic carbocycles. The smallest absolute Gasteiger partial charge is 0.235 e. The molecule has 0 saturated carbocycles. The van der Waals surface area contributed by atoms with Crippen molar-refractivity contribution in [3.05, 3.63) is 69.9 Å². The lowest BCUT2D eigenvalue weighted by Gasteiger charge is -2.31. The Bertz CT molecular complexity index is 930. The summed E-state index contributed by atoms with van der Waals surface area (Å²) < 4.78 is 5.91. The highest BCUT2D eigenvalue weighted by atomic mass is 32.1. The van der Waals surface area contributed by atoms with Crippen LogP contribution in [0.2, 0.25) is 0 Å². The summed E-state index contributed by atoms with van der Waals surface area (Å²) in [6, 6.07) is 16.9. The first-order valence-electron chi connectivity index (χ1n) is 9.23. The van der Waals surface area contributed by atoms with E-state index >= 15 is 0 Å². The predicted octanol–water partition coefficient (Wildman–Crippen LogP) is 5.24. The predicted molar refractivity (Wildman–Crippen MR) is 110 cm³/mol. The van der Waals surface area contributed by atoms with Gasteiger partial charge in [-0.1, -0.05) is 36.4 Å². The van der Waals surface area contributed by atoms with Gasteiger partial charge in [0.05, 0.1) is 0 Å². The van der Waals surface area contributed by atoms with E-state index in [9.17, 15) is 5.26 Å². The number of piperidine rings is 1. The molecule has 0 unspecified atom stereocenters. The molecule has 1 fully saturated rings. The standard InChI is InChI=1S/C22H21N3OS/c23-16-20-22(26-21(24-20)9-8-19-7-4-14-27-19)25-12-10-18(11-13-25)15-17-5-2-1-3-6-17/h1-9,14,18H,10-13,15H2. The largest absolute Gasteiger partial charge is 0.420 e. The Labute approximate surface area is 163 Å². The van der Waals surface area contributed by atoms with Gasteiger partial charge < -0.3 is 9.32 Å². The van der Waals surface area contributed by atoms with Crippen molar-refractivity contribution in [2.75, 3.05) is 18.0 Å². The van der Waals surface area contributed by atoms with Gasteiger partial charge in [0, 0.05) is 24.0 Å². The minimum absolute atomic E-state index is 0.377. The fourth-order valence-corrected chi connectivity index (χ4v) is 4.13. The van der Waals surface area contributed by atoms with E-state index in [1.807, 2.05) is 29.7 Å². The summed E-state index contributed by atoms with van der Waals surface area (Å²) in [6.45, 7) is 1.80. The summed E-state index contributed by atoms with van der Waals surface area (Å²) in [5.41, 5.74) is 1.77. The Morgan fingerprint density at radius 1 is 1.15 bits per heavy atom. The molecule has 4 rings (SSSR count). The second-order valence-corrected chi connectivity index (χ2v) is 7.77. The Morgan fingerprint density at radius 2 is 1.96 bits per heavy atom. The van der Waals surface area contributed by atoms with Crippen LogP contribution in [0.3, 0.4) is 0 Å². The number of rotatable bonds is 5. The topological polar surface area (TPSA) is 53.1 Å². The molecule has 2 aromatic heterocycles. The van der Waals surface area contributed by atoms with Gasteiger partial charge in [-0.2, -0.15) is 10.2 Å². The molecule has 0 amide bonds. The minimum atomic E-state index is 0.377. The Hall–Kier alpha value is -2.84. The fourth-order valence-electron chi connectivity index (χ4n) is 3.51. The zero-order valence-electron chi connectivity index (χ0n) is 15.0. The van der Waals surface area contributed by atoms with Crippen LogP contribution in [0.5, 0.6) is 0 Å². The van der Waals surface area contributed by atoms with Gasteiger partial charge in [0.1, 0.15) is 6.07 Å². The lowest BCUT2D eigenvalue weighted by molar-refractivity contribution is 0.387. The maximum Gasteiger partial charge on any atom is 0.235 e. The molecule has 1 aliphatic rings. The number of anilines is 1. The molecule has 0 N–H and O–H groups in total. The van der Waals surface area contributed by atoms with Crippen LogP contribution in [-0.2, 0) is 6.42 Å². The molecule has 0 spiro atoms. The van der Waals surface area contributed by atoms with Crippen LogP contribution in [0.15, 0.2) is 52.3 Å². The van der Waals surface area contributed by atoms with Crippen molar-refractivity contribution >= 4 is 29.4 Å². The number of aromatic nitrogens is 1. The van der Waals surface area contributed by atoms with E-state index in [4.69, 9.17) is 4.42 Å². The summed E-state index contributed by atoms with van der Waals surface area (Å²) in [4.78, 5) is 7.63. The number of thiophene rings is 1. The molecule has 0 radical (unpaired) electrons. The number of hydrogen-bond donors (Lipinski definition) is 0. The van der Waals surface area contributed by atoms with Gasteiger partial charge in [-0.25, -0.2) is 0 Å². The van der Waals surface area contributed by atoms with E-state index < -0.39 is 0 Å². The van der Waals surface area contributed by atoms with Gasteiger partial charge in [0.25, 0.3) is 0 Å². The van der Waals surface area contributed by atoms with Crippen molar-refractivity contribution in [2.45, 2.75) is 19.3 Å². The fraction of sp³-hybridized carbons (Fsp3) is 0.273. The molecule has 27 heavy (non-hydrogen) atoms. The number of oxazole rings is 1. The van der Waals surface area contributed by atoms with E-state index in [2.05, 4.69) is 46.3 Å². The van der Waals surface area contributed by atoms with Crippen LogP contribution in [-0.4, -0.2) is 18.1 Å². The maximum atomic E-state index is 9.44. The Morgan fingerprint density at radius 3 is 2.67 bits per heavy atom. The van der Waals surface area contributed by atoms with Crippen molar-refractivity contribution < 1.29 is 4.42 Å². The van der Waals surface area contributed by atoms with Crippen LogP contribution in [0, 0.1) is 17.2 Å². The zero-order valence-corrected chi connectivity index (χ0v) is 15.9. The molecule has 0 atom stereocenters. The highest BCUT2D eigenvalue weighted by molar-refractivity contribution is 7.10. The maximum absolute atomic E-state index is 9.44. The highest BCUT2D eigenvalue weighted by Gasteiger charge is 2.25. The average Bonchev–Trinajstić information content (AvgIpc) is 3.37. The van der Waals surface area contributed by atoms with E-state index in [0.29, 0.717) is 23.4 Å². The molecule has 0 bridgehead atoms. The van der Waals surface area contributed by atoms with E-state index in [-0.39, 0.29) is 0 Å². The Balaban J connectivity index is 1.41. The SMILES string of the molecule is N#Cc1nc(C=Cc2cccs2)oc1N1CCC(Cc2ccccc2)CC1. The normalized spacial score (nSPS) is 15.3. The summed E-state index contributed by atoms with van der Waals surface area (Å²) in [5.74, 6) is 1.78. The number of benzene rings is 1. The third-order valence-corrected chi connectivity index (χ3v) is 5.77. The van der Waals surface area contributed by atoms with E-state index in [0.717, 1.165) is 37.2 Å². The van der Waals surface area contributed by atoms with Gasteiger partial charge >= 0.3 is 0 Å². The second kappa shape index (κ2) is 8.24. The zero-order chi connectivity index (χ0) is 18.5. The van der Waals surface area contributed by atoms with Crippen molar-refractivity contribution in [3.63, 3.8) is 0 Å². The molecule has 136 valence electrons. The number of hydrogen-bond acceptors (Lipinski definition) is 5. The van der Waals surface area contributed by atoms with Crippen LogP contribution in [0.1, 0.15) is 34.9 Å². The minimum Gasteiger partial charge on any atom is -0.420 e. The lowest BCUT2D eigenvalue weighted by Crippen LogP contribution is -2.34.